The zero-order valence-corrected chi connectivity index (χ0v) is 11.7. The van der Waals surface area contributed by atoms with Gasteiger partial charge < -0.3 is 10.6 Å². The van der Waals surface area contributed by atoms with Crippen molar-refractivity contribution in [1.29, 1.82) is 0 Å². The lowest BCUT2D eigenvalue weighted by Gasteiger charge is -2.29. The summed E-state index contributed by atoms with van der Waals surface area (Å²) in [5.74, 6) is 1.47. The molecule has 0 spiro atoms. The third-order valence-electron chi connectivity index (χ3n) is 3.37. The van der Waals surface area contributed by atoms with E-state index in [9.17, 15) is 9.00 Å². The van der Waals surface area contributed by atoms with Crippen LogP contribution in [0.1, 0.15) is 33.1 Å². The maximum atomic E-state index is 12.0. The molecule has 4 nitrogen and oxygen atoms in total. The van der Waals surface area contributed by atoms with Gasteiger partial charge in [0.05, 0.1) is 0 Å². The highest BCUT2D eigenvalue weighted by Gasteiger charge is 2.23. The fraction of sp³-hybridized carbons (Fsp3) is 0.917. The van der Waals surface area contributed by atoms with E-state index in [0.29, 0.717) is 37.6 Å². The highest BCUT2D eigenvalue weighted by molar-refractivity contribution is 7.85. The van der Waals surface area contributed by atoms with E-state index >= 15 is 0 Å². The van der Waals surface area contributed by atoms with E-state index < -0.39 is 10.8 Å². The van der Waals surface area contributed by atoms with Gasteiger partial charge in [-0.05, 0) is 24.8 Å². The number of hydrogen-bond acceptors (Lipinski definition) is 3. The Morgan fingerprint density at radius 1 is 1.29 bits per heavy atom. The van der Waals surface area contributed by atoms with Crippen molar-refractivity contribution in [3.8, 4) is 0 Å². The van der Waals surface area contributed by atoms with E-state index in [-0.39, 0.29) is 11.3 Å². The normalized spacial score (nSPS) is 18.4. The van der Waals surface area contributed by atoms with Gasteiger partial charge in [-0.3, -0.25) is 9.00 Å². The molecule has 17 heavy (non-hydrogen) atoms. The van der Waals surface area contributed by atoms with Gasteiger partial charge in [-0.15, -0.1) is 0 Å². The van der Waals surface area contributed by atoms with Gasteiger partial charge in [0.2, 0.25) is 5.91 Å². The van der Waals surface area contributed by atoms with Crippen LogP contribution in [-0.2, 0) is 15.6 Å². The zero-order valence-electron chi connectivity index (χ0n) is 10.9. The van der Waals surface area contributed by atoms with Crippen molar-refractivity contribution in [3.63, 3.8) is 0 Å². The maximum Gasteiger partial charge on any atom is 0.222 e. The van der Waals surface area contributed by atoms with Crippen LogP contribution in [0.15, 0.2) is 0 Å². The maximum absolute atomic E-state index is 12.0. The Labute approximate surface area is 106 Å². The summed E-state index contributed by atoms with van der Waals surface area (Å²) in [5, 5.41) is 0. The van der Waals surface area contributed by atoms with Gasteiger partial charge in [-0.25, -0.2) is 0 Å². The average molecular weight is 260 g/mol. The van der Waals surface area contributed by atoms with Crippen LogP contribution >= 0.6 is 0 Å². The number of hydrogen-bond donors (Lipinski definition) is 1. The zero-order chi connectivity index (χ0) is 12.9. The first kappa shape index (κ1) is 14.6. The van der Waals surface area contributed by atoms with Crippen LogP contribution in [0.25, 0.3) is 0 Å². The number of nitrogens with zero attached hydrogens (tertiary/aromatic N) is 1. The molecule has 0 aromatic rings. The molecule has 1 rings (SSSR count). The molecule has 5 heteroatoms. The molecule has 0 aromatic carbocycles. The second-order valence-electron chi connectivity index (χ2n) is 5.43. The number of amides is 1. The van der Waals surface area contributed by atoms with E-state index in [0.717, 1.165) is 12.8 Å². The fourth-order valence-electron chi connectivity index (χ4n) is 2.01. The Kier molecular flexibility index (Phi) is 5.59. The summed E-state index contributed by atoms with van der Waals surface area (Å²) >= 11 is 0. The number of nitrogens with two attached hydrogens (primary N) is 1. The van der Waals surface area contributed by atoms with Crippen LogP contribution in [-0.4, -0.2) is 46.2 Å². The molecule has 0 aromatic heterocycles. The molecule has 1 fully saturated rings. The highest BCUT2D eigenvalue weighted by Crippen LogP contribution is 2.26. The summed E-state index contributed by atoms with van der Waals surface area (Å²) < 4.78 is 11.2. The molecule has 0 radical (unpaired) electrons. The first-order chi connectivity index (χ1) is 7.94. The molecule has 0 saturated carbocycles. The monoisotopic (exact) mass is 260 g/mol. The summed E-state index contributed by atoms with van der Waals surface area (Å²) in [6.07, 6.45) is 2.41. The molecule has 1 amide bonds. The molecule has 1 aliphatic heterocycles. The van der Waals surface area contributed by atoms with Crippen molar-refractivity contribution in [2.24, 2.45) is 11.1 Å². The van der Waals surface area contributed by atoms with Gasteiger partial charge in [0.1, 0.15) is 0 Å². The number of rotatable bonds is 5. The molecule has 2 N–H and O–H groups in total. The van der Waals surface area contributed by atoms with E-state index in [1.165, 1.54) is 0 Å². The smallest absolute Gasteiger partial charge is 0.222 e. The molecule has 1 saturated heterocycles. The van der Waals surface area contributed by atoms with Gasteiger partial charge in [-0.1, -0.05) is 13.8 Å². The van der Waals surface area contributed by atoms with Crippen LogP contribution < -0.4 is 5.73 Å². The van der Waals surface area contributed by atoms with Crippen molar-refractivity contribution in [1.82, 2.24) is 4.90 Å². The first-order valence-corrected chi connectivity index (χ1v) is 7.76. The predicted octanol–water partition coefficient (Wildman–Crippen LogP) is 0.733. The molecular formula is C12H24N2O2S. The number of carbonyl (C=O) groups excluding carboxylic acids is 1. The minimum Gasteiger partial charge on any atom is -0.341 e. The van der Waals surface area contributed by atoms with Gasteiger partial charge >= 0.3 is 0 Å². The van der Waals surface area contributed by atoms with E-state index in [1.807, 2.05) is 4.90 Å². The predicted molar refractivity (Wildman–Crippen MR) is 71.1 cm³/mol. The second-order valence-corrected chi connectivity index (χ2v) is 7.13. The van der Waals surface area contributed by atoms with E-state index in [4.69, 9.17) is 5.73 Å². The Morgan fingerprint density at radius 2 is 1.88 bits per heavy atom. The summed E-state index contributed by atoms with van der Waals surface area (Å²) in [6, 6.07) is 0. The van der Waals surface area contributed by atoms with Crippen LogP contribution in [0.3, 0.4) is 0 Å². The molecule has 0 bridgehead atoms. The molecule has 100 valence electrons. The average Bonchev–Trinajstić information content (AvgIpc) is 2.27. The third kappa shape index (κ3) is 5.17. The van der Waals surface area contributed by atoms with E-state index in [1.54, 1.807) is 0 Å². The Morgan fingerprint density at radius 3 is 2.41 bits per heavy atom. The van der Waals surface area contributed by atoms with Crippen LogP contribution in [0.5, 0.6) is 0 Å². The molecule has 1 heterocycles. The lowest BCUT2D eigenvalue weighted by molar-refractivity contribution is -0.131. The Bertz CT molecular complexity index is 282. The Balaban J connectivity index is 2.32. The molecule has 0 aliphatic carbocycles. The minimum atomic E-state index is -0.712. The SMILES string of the molecule is CC(C)(CCN)CCC(=O)N1CCS(=O)CC1. The first-order valence-electron chi connectivity index (χ1n) is 6.27. The highest BCUT2D eigenvalue weighted by atomic mass is 32.2. The summed E-state index contributed by atoms with van der Waals surface area (Å²) in [7, 11) is -0.712. The standard InChI is InChI=1S/C12H24N2O2S/c1-12(2,5-6-13)4-3-11(15)14-7-9-17(16)10-8-14/h3-10,13H2,1-2H3. The van der Waals surface area contributed by atoms with Gasteiger partial charge in [0, 0.05) is 41.8 Å². The van der Waals surface area contributed by atoms with Crippen molar-refractivity contribution in [3.05, 3.63) is 0 Å². The van der Waals surface area contributed by atoms with Gasteiger partial charge in [0.15, 0.2) is 0 Å². The Hall–Kier alpha value is -0.420. The summed E-state index contributed by atoms with van der Waals surface area (Å²) in [6.45, 7) is 6.28. The summed E-state index contributed by atoms with van der Waals surface area (Å²) in [4.78, 5) is 13.8. The van der Waals surface area contributed by atoms with Crippen molar-refractivity contribution < 1.29 is 9.00 Å². The third-order valence-corrected chi connectivity index (χ3v) is 4.64. The van der Waals surface area contributed by atoms with Crippen LogP contribution in [0, 0.1) is 5.41 Å². The van der Waals surface area contributed by atoms with Crippen molar-refractivity contribution in [2.45, 2.75) is 33.1 Å². The summed E-state index contributed by atoms with van der Waals surface area (Å²) in [5.41, 5.74) is 5.69. The van der Waals surface area contributed by atoms with Crippen LogP contribution in [0.2, 0.25) is 0 Å². The molecule has 0 unspecified atom stereocenters. The lowest BCUT2D eigenvalue weighted by Crippen LogP contribution is -2.42. The van der Waals surface area contributed by atoms with Crippen molar-refractivity contribution >= 4 is 16.7 Å². The van der Waals surface area contributed by atoms with Crippen LogP contribution in [0.4, 0.5) is 0 Å². The molecular weight excluding hydrogens is 236 g/mol. The molecule has 0 atom stereocenters. The lowest BCUT2D eigenvalue weighted by atomic mass is 9.84. The topological polar surface area (TPSA) is 63.4 Å². The van der Waals surface area contributed by atoms with Gasteiger partial charge in [-0.2, -0.15) is 0 Å². The largest absolute Gasteiger partial charge is 0.341 e. The quantitative estimate of drug-likeness (QED) is 0.793. The number of carbonyl (C=O) groups is 1. The fourth-order valence-corrected chi connectivity index (χ4v) is 3.06. The second kappa shape index (κ2) is 6.50. The molecule has 1 aliphatic rings. The van der Waals surface area contributed by atoms with E-state index in [2.05, 4.69) is 13.8 Å². The van der Waals surface area contributed by atoms with Gasteiger partial charge in [0.25, 0.3) is 0 Å². The minimum absolute atomic E-state index is 0.142. The van der Waals surface area contributed by atoms with Crippen molar-refractivity contribution in [2.75, 3.05) is 31.1 Å².